The van der Waals surface area contributed by atoms with Gasteiger partial charge in [-0.1, -0.05) is 6.92 Å². The lowest BCUT2D eigenvalue weighted by atomic mass is 10.1. The van der Waals surface area contributed by atoms with Gasteiger partial charge in [-0.3, -0.25) is 4.99 Å². The second-order valence-electron chi connectivity index (χ2n) is 6.18. The Kier molecular flexibility index (Phi) is 8.70. The fourth-order valence-corrected chi connectivity index (χ4v) is 2.86. The summed E-state index contributed by atoms with van der Waals surface area (Å²) in [5.41, 5.74) is 0. The monoisotopic (exact) mass is 336 g/mol. The maximum Gasteiger partial charge on any atom is 0.191 e. The molecule has 1 aliphatic heterocycles. The van der Waals surface area contributed by atoms with E-state index in [0.29, 0.717) is 19.1 Å². The molecule has 6 nitrogen and oxygen atoms in total. The molecule has 1 aliphatic rings. The van der Waals surface area contributed by atoms with E-state index >= 15 is 0 Å². The number of nitrogens with one attached hydrogen (secondary N) is 2. The maximum absolute atomic E-state index is 5.59. The van der Waals surface area contributed by atoms with Crippen molar-refractivity contribution in [3.8, 4) is 0 Å². The molecule has 2 rings (SSSR count). The number of furan rings is 1. The Morgan fingerprint density at radius 2 is 2.33 bits per heavy atom. The van der Waals surface area contributed by atoms with Crippen LogP contribution in [0, 0.1) is 5.92 Å². The summed E-state index contributed by atoms with van der Waals surface area (Å²) in [5.74, 6) is 2.48. The molecular weight excluding hydrogens is 304 g/mol. The van der Waals surface area contributed by atoms with E-state index in [1.807, 2.05) is 12.1 Å². The normalized spacial score (nSPS) is 18.9. The first-order valence-electron chi connectivity index (χ1n) is 9.16. The SMILES string of the molecule is CCNC(=NCC1CCN(CC)C1)NCCCOCc1ccco1. The Bertz CT molecular complexity index is 462. The van der Waals surface area contributed by atoms with Crippen LogP contribution in [0.15, 0.2) is 27.8 Å². The summed E-state index contributed by atoms with van der Waals surface area (Å²) < 4.78 is 10.8. The van der Waals surface area contributed by atoms with Gasteiger partial charge < -0.3 is 24.7 Å². The molecule has 0 aliphatic carbocycles. The van der Waals surface area contributed by atoms with Gasteiger partial charge in [-0.15, -0.1) is 0 Å². The number of hydrogen-bond acceptors (Lipinski definition) is 4. The molecule has 6 heteroatoms. The summed E-state index contributed by atoms with van der Waals surface area (Å²) in [6.07, 6.45) is 3.87. The minimum atomic E-state index is 0.538. The molecule has 0 aromatic carbocycles. The first-order valence-corrected chi connectivity index (χ1v) is 9.16. The molecule has 2 heterocycles. The van der Waals surface area contributed by atoms with Gasteiger partial charge in [0.25, 0.3) is 0 Å². The van der Waals surface area contributed by atoms with Crippen LogP contribution in [0.4, 0.5) is 0 Å². The number of nitrogens with zero attached hydrogens (tertiary/aromatic N) is 2. The van der Waals surface area contributed by atoms with Crippen molar-refractivity contribution in [1.29, 1.82) is 0 Å². The molecule has 1 fully saturated rings. The highest BCUT2D eigenvalue weighted by atomic mass is 16.5. The Morgan fingerprint density at radius 3 is 3.04 bits per heavy atom. The van der Waals surface area contributed by atoms with Crippen molar-refractivity contribution < 1.29 is 9.15 Å². The third-order valence-electron chi connectivity index (χ3n) is 4.25. The fourth-order valence-electron chi connectivity index (χ4n) is 2.86. The predicted molar refractivity (Wildman–Crippen MR) is 97.2 cm³/mol. The molecule has 2 N–H and O–H groups in total. The predicted octanol–water partition coefficient (Wildman–Crippen LogP) is 2.08. The van der Waals surface area contributed by atoms with Crippen molar-refractivity contribution in [2.24, 2.45) is 10.9 Å². The van der Waals surface area contributed by atoms with Gasteiger partial charge in [0.1, 0.15) is 12.4 Å². The standard InChI is InChI=1S/C18H32N4O2/c1-3-19-18(21-13-16-8-10-22(4-2)14-16)20-9-6-11-23-15-17-7-5-12-24-17/h5,7,12,16H,3-4,6,8-11,13-15H2,1-2H3,(H2,19,20,21). The molecule has 24 heavy (non-hydrogen) atoms. The van der Waals surface area contributed by atoms with E-state index in [1.54, 1.807) is 6.26 Å². The summed E-state index contributed by atoms with van der Waals surface area (Å²) in [4.78, 5) is 7.23. The number of rotatable bonds is 10. The third kappa shape index (κ3) is 6.93. The smallest absolute Gasteiger partial charge is 0.191 e. The molecule has 1 atom stereocenters. The van der Waals surface area contributed by atoms with E-state index in [9.17, 15) is 0 Å². The summed E-state index contributed by atoms with van der Waals surface area (Å²) in [6.45, 7) is 11.8. The summed E-state index contributed by atoms with van der Waals surface area (Å²) in [6, 6.07) is 3.81. The zero-order valence-electron chi connectivity index (χ0n) is 15.1. The average Bonchev–Trinajstić information content (AvgIpc) is 3.27. The number of likely N-dealkylation sites (tertiary alicyclic amines) is 1. The van der Waals surface area contributed by atoms with Crippen LogP contribution >= 0.6 is 0 Å². The van der Waals surface area contributed by atoms with E-state index in [2.05, 4.69) is 29.4 Å². The minimum Gasteiger partial charge on any atom is -0.467 e. The molecule has 1 aromatic heterocycles. The molecule has 0 radical (unpaired) electrons. The fraction of sp³-hybridized carbons (Fsp3) is 0.722. The Labute approximate surface area is 145 Å². The summed E-state index contributed by atoms with van der Waals surface area (Å²) >= 11 is 0. The van der Waals surface area contributed by atoms with Crippen LogP contribution in [-0.2, 0) is 11.3 Å². The van der Waals surface area contributed by atoms with Crippen molar-refractivity contribution in [2.75, 3.05) is 45.9 Å². The van der Waals surface area contributed by atoms with Gasteiger partial charge in [0.05, 0.1) is 6.26 Å². The molecule has 0 saturated carbocycles. The average molecular weight is 336 g/mol. The number of ether oxygens (including phenoxy) is 1. The van der Waals surface area contributed by atoms with Crippen LogP contribution in [0.3, 0.4) is 0 Å². The summed E-state index contributed by atoms with van der Waals surface area (Å²) in [7, 11) is 0. The lowest BCUT2D eigenvalue weighted by Gasteiger charge is -2.14. The van der Waals surface area contributed by atoms with Gasteiger partial charge in [0.15, 0.2) is 5.96 Å². The Balaban J connectivity index is 1.59. The van der Waals surface area contributed by atoms with Gasteiger partial charge in [-0.05, 0) is 50.9 Å². The van der Waals surface area contributed by atoms with Gasteiger partial charge in [0, 0.05) is 32.8 Å². The minimum absolute atomic E-state index is 0.538. The van der Waals surface area contributed by atoms with Gasteiger partial charge in [-0.25, -0.2) is 0 Å². The van der Waals surface area contributed by atoms with E-state index < -0.39 is 0 Å². The van der Waals surface area contributed by atoms with Crippen molar-refractivity contribution in [3.05, 3.63) is 24.2 Å². The first-order chi connectivity index (χ1) is 11.8. The Hall–Kier alpha value is -1.53. The molecule has 1 aromatic rings. The third-order valence-corrected chi connectivity index (χ3v) is 4.25. The second kappa shape index (κ2) is 11.1. The maximum atomic E-state index is 5.59. The first kappa shape index (κ1) is 18.8. The molecule has 0 amide bonds. The van der Waals surface area contributed by atoms with Gasteiger partial charge >= 0.3 is 0 Å². The zero-order chi connectivity index (χ0) is 17.0. The Morgan fingerprint density at radius 1 is 1.42 bits per heavy atom. The van der Waals surface area contributed by atoms with Crippen LogP contribution < -0.4 is 10.6 Å². The van der Waals surface area contributed by atoms with E-state index in [0.717, 1.165) is 44.3 Å². The topological polar surface area (TPSA) is 62.0 Å². The molecule has 136 valence electrons. The highest BCUT2D eigenvalue weighted by Crippen LogP contribution is 2.15. The molecule has 0 spiro atoms. The van der Waals surface area contributed by atoms with Crippen molar-refractivity contribution >= 4 is 5.96 Å². The van der Waals surface area contributed by atoms with Crippen LogP contribution in [0.25, 0.3) is 0 Å². The van der Waals surface area contributed by atoms with Crippen LogP contribution in [0.1, 0.15) is 32.4 Å². The zero-order valence-corrected chi connectivity index (χ0v) is 15.1. The summed E-state index contributed by atoms with van der Waals surface area (Å²) in [5, 5.41) is 6.70. The molecule has 1 unspecified atom stereocenters. The number of hydrogen-bond donors (Lipinski definition) is 2. The van der Waals surface area contributed by atoms with Crippen LogP contribution in [0.5, 0.6) is 0 Å². The largest absolute Gasteiger partial charge is 0.467 e. The number of guanidine groups is 1. The second-order valence-corrected chi connectivity index (χ2v) is 6.18. The van der Waals surface area contributed by atoms with Crippen molar-refractivity contribution in [1.82, 2.24) is 15.5 Å². The molecular formula is C18H32N4O2. The van der Waals surface area contributed by atoms with Crippen LogP contribution in [-0.4, -0.2) is 56.7 Å². The van der Waals surface area contributed by atoms with Crippen molar-refractivity contribution in [3.63, 3.8) is 0 Å². The lowest BCUT2D eigenvalue weighted by Crippen LogP contribution is -2.38. The van der Waals surface area contributed by atoms with E-state index in [1.165, 1.54) is 19.5 Å². The highest BCUT2D eigenvalue weighted by Gasteiger charge is 2.20. The van der Waals surface area contributed by atoms with Crippen LogP contribution in [0.2, 0.25) is 0 Å². The van der Waals surface area contributed by atoms with E-state index in [-0.39, 0.29) is 0 Å². The quantitative estimate of drug-likeness (QED) is 0.389. The number of aliphatic imine (C=N–C) groups is 1. The van der Waals surface area contributed by atoms with Crippen molar-refractivity contribution in [2.45, 2.75) is 33.3 Å². The highest BCUT2D eigenvalue weighted by molar-refractivity contribution is 5.79. The van der Waals surface area contributed by atoms with E-state index in [4.69, 9.17) is 14.1 Å². The van der Waals surface area contributed by atoms with Gasteiger partial charge in [-0.2, -0.15) is 0 Å². The molecule has 0 bridgehead atoms. The molecule has 1 saturated heterocycles. The van der Waals surface area contributed by atoms with Gasteiger partial charge in [0.2, 0.25) is 0 Å². The lowest BCUT2D eigenvalue weighted by molar-refractivity contribution is 0.105.